The molecule has 0 amide bonds. The number of carbonyl (C=O) groups is 1. The van der Waals surface area contributed by atoms with Gasteiger partial charge in [0, 0.05) is 45.8 Å². The monoisotopic (exact) mass is 475 g/mol. The SMILES string of the molecule is COCC(C)(C)c1c(-c2ccc(C(=O)O)cc2F)c2cc3[nH]ncc3cc2n1-c1ccc(F)cc1. The Bertz CT molecular complexity index is 1580. The molecule has 0 aliphatic rings. The molecule has 2 heterocycles. The number of aromatic carboxylic acids is 1. The molecule has 5 rings (SSSR count). The molecule has 0 spiro atoms. The lowest BCUT2D eigenvalue weighted by Gasteiger charge is -2.28. The molecule has 0 radical (unpaired) electrons. The summed E-state index contributed by atoms with van der Waals surface area (Å²) in [7, 11) is 1.60. The second-order valence-corrected chi connectivity index (χ2v) is 9.18. The Morgan fingerprint density at radius 1 is 1.11 bits per heavy atom. The predicted molar refractivity (Wildman–Crippen MR) is 130 cm³/mol. The van der Waals surface area contributed by atoms with Gasteiger partial charge in [0.05, 0.1) is 29.4 Å². The predicted octanol–water partition coefficient (Wildman–Crippen LogP) is 6.07. The van der Waals surface area contributed by atoms with E-state index in [9.17, 15) is 14.3 Å². The van der Waals surface area contributed by atoms with E-state index in [4.69, 9.17) is 4.74 Å². The van der Waals surface area contributed by atoms with Crippen LogP contribution in [0.1, 0.15) is 29.9 Å². The maximum absolute atomic E-state index is 15.5. The number of hydrogen-bond donors (Lipinski definition) is 2. The molecule has 0 saturated heterocycles. The Morgan fingerprint density at radius 3 is 2.51 bits per heavy atom. The molecule has 8 heteroatoms. The fourth-order valence-electron chi connectivity index (χ4n) is 4.78. The average Bonchev–Trinajstić information content (AvgIpc) is 3.40. The Morgan fingerprint density at radius 2 is 1.86 bits per heavy atom. The van der Waals surface area contributed by atoms with E-state index >= 15 is 4.39 Å². The van der Waals surface area contributed by atoms with Crippen molar-refractivity contribution in [2.45, 2.75) is 19.3 Å². The van der Waals surface area contributed by atoms with Gasteiger partial charge in [-0.2, -0.15) is 5.10 Å². The summed E-state index contributed by atoms with van der Waals surface area (Å²) in [5, 5.41) is 18.0. The third kappa shape index (κ3) is 3.76. The van der Waals surface area contributed by atoms with E-state index in [2.05, 4.69) is 10.2 Å². The number of ether oxygens (including phenoxy) is 1. The third-order valence-corrected chi connectivity index (χ3v) is 6.24. The second kappa shape index (κ2) is 8.32. The summed E-state index contributed by atoms with van der Waals surface area (Å²) >= 11 is 0. The van der Waals surface area contributed by atoms with Crippen LogP contribution in [-0.2, 0) is 10.2 Å². The van der Waals surface area contributed by atoms with Crippen LogP contribution in [0.2, 0.25) is 0 Å². The Kier molecular flexibility index (Phi) is 5.40. The highest BCUT2D eigenvalue weighted by Crippen LogP contribution is 2.45. The molecule has 0 bridgehead atoms. The Labute approximate surface area is 199 Å². The summed E-state index contributed by atoms with van der Waals surface area (Å²) in [6, 6.07) is 13.9. The first-order chi connectivity index (χ1) is 16.7. The molecule has 2 N–H and O–H groups in total. The van der Waals surface area contributed by atoms with Gasteiger partial charge in [-0.15, -0.1) is 0 Å². The fraction of sp³-hybridized carbons (Fsp3) is 0.185. The van der Waals surface area contributed by atoms with E-state index in [-0.39, 0.29) is 16.9 Å². The van der Waals surface area contributed by atoms with Crippen molar-refractivity contribution >= 4 is 27.8 Å². The van der Waals surface area contributed by atoms with E-state index in [1.54, 1.807) is 25.4 Å². The first-order valence-corrected chi connectivity index (χ1v) is 11.0. The minimum atomic E-state index is -1.21. The summed E-state index contributed by atoms with van der Waals surface area (Å²) in [6.07, 6.45) is 1.71. The summed E-state index contributed by atoms with van der Waals surface area (Å²) in [5.41, 5.74) is 3.13. The maximum Gasteiger partial charge on any atom is 0.335 e. The van der Waals surface area contributed by atoms with Crippen LogP contribution in [-0.4, -0.2) is 39.6 Å². The molecule has 0 saturated carbocycles. The van der Waals surface area contributed by atoms with E-state index < -0.39 is 17.2 Å². The summed E-state index contributed by atoms with van der Waals surface area (Å²) in [5.74, 6) is -2.22. The molecule has 6 nitrogen and oxygen atoms in total. The molecule has 178 valence electrons. The van der Waals surface area contributed by atoms with Gasteiger partial charge in [-0.1, -0.05) is 19.9 Å². The number of aromatic nitrogens is 3. The van der Waals surface area contributed by atoms with E-state index in [0.29, 0.717) is 17.9 Å². The molecule has 0 aliphatic carbocycles. The van der Waals surface area contributed by atoms with Gasteiger partial charge in [0.25, 0.3) is 0 Å². The minimum absolute atomic E-state index is 0.137. The lowest BCUT2D eigenvalue weighted by molar-refractivity contribution is 0.0696. The van der Waals surface area contributed by atoms with Crippen LogP contribution in [0.15, 0.2) is 60.8 Å². The van der Waals surface area contributed by atoms with Crippen LogP contribution in [0.25, 0.3) is 38.6 Å². The van der Waals surface area contributed by atoms with Crippen molar-refractivity contribution in [2.75, 3.05) is 13.7 Å². The molecule has 3 aromatic carbocycles. The van der Waals surface area contributed by atoms with Gasteiger partial charge in [-0.05, 0) is 48.5 Å². The number of carboxylic acids is 1. The third-order valence-electron chi connectivity index (χ3n) is 6.24. The summed E-state index contributed by atoms with van der Waals surface area (Å²) in [4.78, 5) is 11.4. The molecule has 0 unspecified atom stereocenters. The van der Waals surface area contributed by atoms with Crippen LogP contribution in [0.5, 0.6) is 0 Å². The van der Waals surface area contributed by atoms with Crippen molar-refractivity contribution in [2.24, 2.45) is 0 Å². The zero-order chi connectivity index (χ0) is 24.9. The number of nitrogens with one attached hydrogen (secondary N) is 1. The summed E-state index contributed by atoms with van der Waals surface area (Å²) < 4.78 is 36.9. The van der Waals surface area contributed by atoms with Gasteiger partial charge < -0.3 is 14.4 Å². The molecule has 0 fully saturated rings. The molecule has 35 heavy (non-hydrogen) atoms. The highest BCUT2D eigenvalue weighted by atomic mass is 19.1. The van der Waals surface area contributed by atoms with Crippen LogP contribution < -0.4 is 0 Å². The number of benzene rings is 3. The largest absolute Gasteiger partial charge is 0.478 e. The van der Waals surface area contributed by atoms with E-state index in [0.717, 1.165) is 33.6 Å². The van der Waals surface area contributed by atoms with Gasteiger partial charge >= 0.3 is 5.97 Å². The van der Waals surface area contributed by atoms with E-state index in [1.165, 1.54) is 24.3 Å². The van der Waals surface area contributed by atoms with Gasteiger partial charge in [-0.25, -0.2) is 13.6 Å². The number of hydrogen-bond acceptors (Lipinski definition) is 3. The minimum Gasteiger partial charge on any atom is -0.478 e. The second-order valence-electron chi connectivity index (χ2n) is 9.18. The zero-order valence-corrected chi connectivity index (χ0v) is 19.4. The fourth-order valence-corrected chi connectivity index (χ4v) is 4.78. The van der Waals surface area contributed by atoms with Crippen molar-refractivity contribution in [1.29, 1.82) is 0 Å². The van der Waals surface area contributed by atoms with Crippen molar-refractivity contribution in [1.82, 2.24) is 14.8 Å². The van der Waals surface area contributed by atoms with Crippen molar-refractivity contribution in [3.05, 3.63) is 83.7 Å². The first kappa shape index (κ1) is 22.7. The maximum atomic E-state index is 15.5. The quantitative estimate of drug-likeness (QED) is 0.312. The zero-order valence-electron chi connectivity index (χ0n) is 19.4. The number of methoxy groups -OCH3 is 1. The highest BCUT2D eigenvalue weighted by molar-refractivity contribution is 6.06. The number of aromatic amines is 1. The first-order valence-electron chi connectivity index (χ1n) is 11.0. The van der Waals surface area contributed by atoms with Crippen LogP contribution in [0, 0.1) is 11.6 Å². The van der Waals surface area contributed by atoms with Crippen LogP contribution in [0.4, 0.5) is 8.78 Å². The normalized spacial score (nSPS) is 12.0. The van der Waals surface area contributed by atoms with Crippen molar-refractivity contribution < 1.29 is 23.4 Å². The number of carboxylic acid groups (broad SMARTS) is 1. The van der Waals surface area contributed by atoms with Gasteiger partial charge in [0.15, 0.2) is 0 Å². The lowest BCUT2D eigenvalue weighted by atomic mass is 9.84. The lowest BCUT2D eigenvalue weighted by Crippen LogP contribution is -2.27. The molecule has 5 aromatic rings. The number of nitrogens with zero attached hydrogens (tertiary/aromatic N) is 2. The van der Waals surface area contributed by atoms with E-state index in [1.807, 2.05) is 30.5 Å². The summed E-state index contributed by atoms with van der Waals surface area (Å²) in [6.45, 7) is 4.31. The van der Waals surface area contributed by atoms with Crippen molar-refractivity contribution in [3.8, 4) is 16.8 Å². The van der Waals surface area contributed by atoms with Crippen LogP contribution in [0.3, 0.4) is 0 Å². The molecular weight excluding hydrogens is 452 g/mol. The molecular formula is C27H23F2N3O3. The smallest absolute Gasteiger partial charge is 0.335 e. The van der Waals surface area contributed by atoms with Gasteiger partial charge in [-0.3, -0.25) is 5.10 Å². The number of fused-ring (bicyclic) bond motifs is 2. The standard InChI is InChI=1S/C27H23F2N3O3/c1-27(2,14-35-3)25-24(19-9-4-15(26(33)34)10-21(19)29)20-12-22-16(13-30-31-22)11-23(20)32(25)18-7-5-17(28)6-8-18/h4-13H,14H2,1-3H3,(H,30,31)(H,33,34). The number of rotatable bonds is 6. The number of halogens is 2. The molecule has 2 aromatic heterocycles. The Hall–Kier alpha value is -4.04. The Balaban J connectivity index is 1.96. The van der Waals surface area contributed by atoms with Gasteiger partial charge in [0.1, 0.15) is 11.6 Å². The van der Waals surface area contributed by atoms with Crippen molar-refractivity contribution in [3.63, 3.8) is 0 Å². The topological polar surface area (TPSA) is 80.1 Å². The highest BCUT2D eigenvalue weighted by Gasteiger charge is 2.33. The van der Waals surface area contributed by atoms with Gasteiger partial charge in [0.2, 0.25) is 0 Å². The molecule has 0 atom stereocenters. The average molecular weight is 475 g/mol. The molecule has 0 aliphatic heterocycles. The van der Waals surface area contributed by atoms with Crippen LogP contribution >= 0.6 is 0 Å². The number of H-pyrrole nitrogens is 1.